The zero-order valence-corrected chi connectivity index (χ0v) is 15.6. The number of fused-ring (bicyclic) bond motifs is 1. The number of nitrogens with zero attached hydrogens (tertiary/aromatic N) is 1. The Hall–Kier alpha value is -2.19. The number of aromatic nitrogens is 1. The molecule has 0 spiro atoms. The monoisotopic (exact) mass is 369 g/mol. The number of methoxy groups -OCH3 is 1. The lowest BCUT2D eigenvalue weighted by Crippen LogP contribution is -2.07. The van der Waals surface area contributed by atoms with Crippen LogP contribution in [0.3, 0.4) is 0 Å². The van der Waals surface area contributed by atoms with Crippen molar-refractivity contribution < 1.29 is 27.8 Å². The van der Waals surface area contributed by atoms with Gasteiger partial charge in [-0.05, 0) is 12.1 Å². The molecule has 2 aromatic rings. The lowest BCUT2D eigenvalue weighted by Gasteiger charge is -2.12. The first kappa shape index (κ1) is 20.9. The van der Waals surface area contributed by atoms with Gasteiger partial charge in [-0.1, -0.05) is 19.9 Å². The molecule has 0 bridgehead atoms. The molecule has 0 aliphatic heterocycles. The average molecular weight is 369 g/mol. The summed E-state index contributed by atoms with van der Waals surface area (Å²) >= 11 is 0. The molecule has 0 radical (unpaired) electrons. The van der Waals surface area contributed by atoms with Crippen molar-refractivity contribution in [1.82, 2.24) is 4.98 Å². The van der Waals surface area contributed by atoms with E-state index in [9.17, 15) is 18.3 Å². The van der Waals surface area contributed by atoms with Gasteiger partial charge in [-0.3, -0.25) is 0 Å². The zero-order valence-electron chi connectivity index (χ0n) is 14.8. The minimum atomic E-state index is -3.55. The van der Waals surface area contributed by atoms with Crippen molar-refractivity contribution in [3.05, 3.63) is 30.0 Å². The van der Waals surface area contributed by atoms with Crippen molar-refractivity contribution >= 4 is 26.7 Å². The van der Waals surface area contributed by atoms with Gasteiger partial charge in [-0.15, -0.1) is 0 Å². The lowest BCUT2D eigenvalue weighted by molar-refractivity contribution is 0.0690. The number of ether oxygens (including phenoxy) is 2. The third kappa shape index (κ3) is 5.40. The fourth-order valence-corrected chi connectivity index (χ4v) is 2.94. The SMILES string of the molecule is CC.COCCCOc1cc(C(=O)O)nc2c(S(C)(=O)=O)cccc12. The Morgan fingerprint density at radius 2 is 1.92 bits per heavy atom. The Morgan fingerprint density at radius 1 is 1.24 bits per heavy atom. The molecule has 0 amide bonds. The molecule has 8 heteroatoms. The molecule has 0 aliphatic carbocycles. The second-order valence-electron chi connectivity index (χ2n) is 4.93. The molecule has 0 atom stereocenters. The molecular weight excluding hydrogens is 346 g/mol. The zero-order chi connectivity index (χ0) is 19.0. The molecule has 1 aromatic carbocycles. The standard InChI is InChI=1S/C15H17NO6S.C2H6/c1-21-7-4-8-22-12-9-11(15(17)18)16-14-10(12)5-3-6-13(14)23(2,19)20;1-2/h3,5-6,9H,4,7-8H2,1-2H3,(H,17,18);1-2H3. The molecule has 0 saturated carbocycles. The van der Waals surface area contributed by atoms with E-state index in [0.29, 0.717) is 25.0 Å². The topological polar surface area (TPSA) is 103 Å². The van der Waals surface area contributed by atoms with E-state index in [4.69, 9.17) is 9.47 Å². The summed E-state index contributed by atoms with van der Waals surface area (Å²) in [6, 6.07) is 5.91. The van der Waals surface area contributed by atoms with Crippen LogP contribution >= 0.6 is 0 Å². The van der Waals surface area contributed by atoms with E-state index in [0.717, 1.165) is 6.26 Å². The highest BCUT2D eigenvalue weighted by Crippen LogP contribution is 2.30. The largest absolute Gasteiger partial charge is 0.493 e. The first-order chi connectivity index (χ1) is 11.8. The molecule has 0 unspecified atom stereocenters. The number of pyridine rings is 1. The number of aromatic carboxylic acids is 1. The van der Waals surface area contributed by atoms with Crippen molar-refractivity contribution in [2.75, 3.05) is 26.6 Å². The molecule has 1 heterocycles. The minimum absolute atomic E-state index is 0.0279. The van der Waals surface area contributed by atoms with Crippen LogP contribution in [0.1, 0.15) is 30.8 Å². The molecule has 7 nitrogen and oxygen atoms in total. The summed E-state index contributed by atoms with van der Waals surface area (Å²) in [6.45, 7) is 4.82. The van der Waals surface area contributed by atoms with Crippen molar-refractivity contribution in [1.29, 1.82) is 0 Å². The van der Waals surface area contributed by atoms with Crippen LogP contribution in [0.5, 0.6) is 5.75 Å². The smallest absolute Gasteiger partial charge is 0.354 e. The highest BCUT2D eigenvalue weighted by atomic mass is 32.2. The van der Waals surface area contributed by atoms with Gasteiger partial charge in [0.05, 0.1) is 17.0 Å². The van der Waals surface area contributed by atoms with Crippen LogP contribution in [-0.4, -0.2) is 51.1 Å². The summed E-state index contributed by atoms with van der Waals surface area (Å²) in [4.78, 5) is 15.2. The van der Waals surface area contributed by atoms with E-state index in [1.165, 1.54) is 12.1 Å². The van der Waals surface area contributed by atoms with Crippen LogP contribution in [0.4, 0.5) is 0 Å². The molecular formula is C17H23NO6S. The number of carboxylic acids is 1. The van der Waals surface area contributed by atoms with Crippen LogP contribution in [0.25, 0.3) is 10.9 Å². The first-order valence-corrected chi connectivity index (χ1v) is 9.72. The highest BCUT2D eigenvalue weighted by Gasteiger charge is 2.18. The summed E-state index contributed by atoms with van der Waals surface area (Å²) in [5.74, 6) is -0.967. The Labute approximate surface area is 147 Å². The number of sulfone groups is 1. The van der Waals surface area contributed by atoms with Gasteiger partial charge in [0.15, 0.2) is 15.5 Å². The lowest BCUT2D eigenvalue weighted by atomic mass is 10.2. The summed E-state index contributed by atoms with van der Waals surface area (Å²) in [7, 11) is -1.98. The predicted octanol–water partition coefficient (Wildman–Crippen LogP) is 2.78. The maximum Gasteiger partial charge on any atom is 0.354 e. The van der Waals surface area contributed by atoms with Crippen molar-refractivity contribution in [3.63, 3.8) is 0 Å². The minimum Gasteiger partial charge on any atom is -0.493 e. The van der Waals surface area contributed by atoms with Crippen LogP contribution in [0.2, 0.25) is 0 Å². The third-order valence-corrected chi connectivity index (χ3v) is 4.26. The van der Waals surface area contributed by atoms with Gasteiger partial charge in [0.25, 0.3) is 0 Å². The fourth-order valence-electron chi connectivity index (χ4n) is 2.10. The van der Waals surface area contributed by atoms with Gasteiger partial charge >= 0.3 is 5.97 Å². The van der Waals surface area contributed by atoms with Crippen LogP contribution < -0.4 is 4.74 Å². The Balaban J connectivity index is 0.00000151. The quantitative estimate of drug-likeness (QED) is 0.749. The molecule has 0 fully saturated rings. The highest BCUT2D eigenvalue weighted by molar-refractivity contribution is 7.91. The predicted molar refractivity (Wildman–Crippen MR) is 95.1 cm³/mol. The van der Waals surface area contributed by atoms with Gasteiger partial charge < -0.3 is 14.6 Å². The van der Waals surface area contributed by atoms with Crippen LogP contribution in [-0.2, 0) is 14.6 Å². The number of rotatable bonds is 7. The van der Waals surface area contributed by atoms with Crippen molar-refractivity contribution in [2.24, 2.45) is 0 Å². The maximum atomic E-state index is 11.9. The molecule has 138 valence electrons. The Morgan fingerprint density at radius 3 is 2.48 bits per heavy atom. The van der Waals surface area contributed by atoms with E-state index < -0.39 is 15.8 Å². The van der Waals surface area contributed by atoms with Gasteiger partial charge in [0.2, 0.25) is 0 Å². The van der Waals surface area contributed by atoms with E-state index in [1.807, 2.05) is 13.8 Å². The first-order valence-electron chi connectivity index (χ1n) is 7.83. The number of benzene rings is 1. The molecule has 2 rings (SSSR count). The van der Waals surface area contributed by atoms with Crippen LogP contribution in [0, 0.1) is 0 Å². The number of carboxylic acid groups (broad SMARTS) is 1. The van der Waals surface area contributed by atoms with Gasteiger partial charge in [-0.25, -0.2) is 18.2 Å². The van der Waals surface area contributed by atoms with Crippen molar-refractivity contribution in [3.8, 4) is 5.75 Å². The normalized spacial score (nSPS) is 10.9. The number of hydrogen-bond acceptors (Lipinski definition) is 6. The molecule has 0 saturated heterocycles. The van der Waals surface area contributed by atoms with E-state index in [-0.39, 0.29) is 21.9 Å². The van der Waals surface area contributed by atoms with Crippen LogP contribution in [0.15, 0.2) is 29.2 Å². The summed E-state index contributed by atoms with van der Waals surface area (Å²) in [5, 5.41) is 9.64. The second kappa shape index (κ2) is 9.33. The van der Waals surface area contributed by atoms with Crippen molar-refractivity contribution in [2.45, 2.75) is 25.2 Å². The van der Waals surface area contributed by atoms with E-state index in [1.54, 1.807) is 19.2 Å². The fraction of sp³-hybridized carbons (Fsp3) is 0.412. The molecule has 1 N–H and O–H groups in total. The summed E-state index contributed by atoms with van der Waals surface area (Å²) in [6.07, 6.45) is 1.67. The van der Waals surface area contributed by atoms with E-state index in [2.05, 4.69) is 4.98 Å². The van der Waals surface area contributed by atoms with Gasteiger partial charge in [-0.2, -0.15) is 0 Å². The Kier molecular flexibility index (Phi) is 7.79. The van der Waals surface area contributed by atoms with E-state index >= 15 is 0 Å². The molecule has 25 heavy (non-hydrogen) atoms. The third-order valence-electron chi connectivity index (χ3n) is 3.13. The van der Waals surface area contributed by atoms with Gasteiger partial charge in [0.1, 0.15) is 5.75 Å². The Bertz CT molecular complexity index is 832. The summed E-state index contributed by atoms with van der Waals surface area (Å²) in [5.41, 5.74) is -0.174. The number of hydrogen-bond donors (Lipinski definition) is 1. The molecule has 1 aromatic heterocycles. The van der Waals surface area contributed by atoms with Gasteiger partial charge in [0, 0.05) is 37.8 Å². The molecule has 0 aliphatic rings. The second-order valence-corrected chi connectivity index (χ2v) is 6.91. The number of para-hydroxylation sites is 1. The number of carbonyl (C=O) groups is 1. The maximum absolute atomic E-state index is 11.9. The average Bonchev–Trinajstić information content (AvgIpc) is 2.58. The summed E-state index contributed by atoms with van der Waals surface area (Å²) < 4.78 is 34.3.